The minimum atomic E-state index is 0.415. The Hall–Kier alpha value is -4.01. The van der Waals surface area contributed by atoms with E-state index >= 15 is 0 Å². The molecule has 0 spiro atoms. The summed E-state index contributed by atoms with van der Waals surface area (Å²) in [5.41, 5.74) is 11.2. The zero-order valence-corrected chi connectivity index (χ0v) is 20.4. The quantitative estimate of drug-likeness (QED) is 0.228. The Labute approximate surface area is 214 Å². The van der Waals surface area contributed by atoms with Crippen molar-refractivity contribution in [3.05, 3.63) is 65.2 Å². The number of aromatic amines is 2. The van der Waals surface area contributed by atoms with E-state index in [1.54, 1.807) is 6.33 Å². The molecule has 0 amide bonds. The van der Waals surface area contributed by atoms with Crippen LogP contribution >= 0.6 is 23.2 Å². The van der Waals surface area contributed by atoms with Gasteiger partial charge in [-0.2, -0.15) is 0 Å². The monoisotopic (exact) mass is 515 g/mol. The van der Waals surface area contributed by atoms with E-state index in [1.807, 2.05) is 41.0 Å². The van der Waals surface area contributed by atoms with Crippen molar-refractivity contribution in [1.29, 1.82) is 0 Å². The van der Waals surface area contributed by atoms with Crippen LogP contribution in [0.1, 0.15) is 6.42 Å². The van der Waals surface area contributed by atoms with Gasteiger partial charge >= 0.3 is 0 Å². The van der Waals surface area contributed by atoms with Crippen LogP contribution in [-0.4, -0.2) is 36.1 Å². The number of ether oxygens (including phenoxy) is 1. The van der Waals surface area contributed by atoms with Crippen LogP contribution in [0, 0.1) is 0 Å². The molecule has 0 aliphatic rings. The second-order valence-electron chi connectivity index (χ2n) is 8.75. The number of fused-ring (bicyclic) bond motifs is 7. The highest BCUT2D eigenvalue weighted by atomic mass is 35.5. The third-order valence-corrected chi connectivity index (χ3v) is 7.04. The molecule has 0 saturated heterocycles. The topological polar surface area (TPSA) is 110 Å². The van der Waals surface area contributed by atoms with Gasteiger partial charge in [0.15, 0.2) is 17.2 Å². The number of nitrogens with zero attached hydrogens (tertiary/aromatic N) is 4. The minimum Gasteiger partial charge on any atom is -0.489 e. The number of rotatable bonds is 5. The number of imidazole rings is 1. The summed E-state index contributed by atoms with van der Waals surface area (Å²) in [6.07, 6.45) is 3.89. The summed E-state index contributed by atoms with van der Waals surface area (Å²) in [4.78, 5) is 19.6. The SMILES string of the molecule is Nc1ncnc2ncn(CCCOc3c4[nH]c5ccc(Cl)cc5c4cc4c3[nH]c3ccc(Cl)cc34)c12. The molecule has 4 aromatic heterocycles. The van der Waals surface area contributed by atoms with Gasteiger partial charge in [-0.25, -0.2) is 15.0 Å². The van der Waals surface area contributed by atoms with Gasteiger partial charge in [0, 0.05) is 49.2 Å². The van der Waals surface area contributed by atoms with Crippen molar-refractivity contribution in [2.75, 3.05) is 12.3 Å². The van der Waals surface area contributed by atoms with Gasteiger partial charge in [-0.1, -0.05) is 23.2 Å². The molecule has 7 aromatic rings. The molecule has 0 aliphatic heterocycles. The lowest BCUT2D eigenvalue weighted by Crippen LogP contribution is -2.06. The summed E-state index contributed by atoms with van der Waals surface area (Å²) < 4.78 is 8.43. The maximum Gasteiger partial charge on any atom is 0.182 e. The standard InChI is InChI=1S/C26H19Cl2N7O/c27-13-2-4-19-15(8-13)17-10-18-16-9-14(28)3-5-20(16)34-22(18)24(21(17)33-19)36-7-1-6-35-12-32-26-23(35)25(29)30-11-31-26/h2-5,8-12,33-34H,1,6-7H2,(H2,29,30,31). The molecule has 4 heterocycles. The second kappa shape index (κ2) is 8.01. The van der Waals surface area contributed by atoms with Gasteiger partial charge in [0.1, 0.15) is 11.8 Å². The van der Waals surface area contributed by atoms with E-state index in [1.165, 1.54) is 6.33 Å². The summed E-state index contributed by atoms with van der Waals surface area (Å²) in [6.45, 7) is 1.14. The first-order chi connectivity index (χ1) is 17.6. The molecule has 0 bridgehead atoms. The number of nitrogens with two attached hydrogens (primary N) is 1. The fraction of sp³-hybridized carbons (Fsp3) is 0.115. The van der Waals surface area contributed by atoms with E-state index in [2.05, 4.69) is 31.0 Å². The van der Waals surface area contributed by atoms with E-state index < -0.39 is 0 Å². The molecule has 10 heteroatoms. The maximum atomic E-state index is 6.47. The molecular weight excluding hydrogens is 497 g/mol. The summed E-state index contributed by atoms with van der Waals surface area (Å²) >= 11 is 12.7. The number of aryl methyl sites for hydroxylation is 1. The molecular formula is C26H19Cl2N7O. The second-order valence-corrected chi connectivity index (χ2v) is 9.62. The van der Waals surface area contributed by atoms with Crippen molar-refractivity contribution >= 4 is 83.8 Å². The van der Waals surface area contributed by atoms with Gasteiger partial charge in [0.2, 0.25) is 0 Å². The van der Waals surface area contributed by atoms with Crippen LogP contribution in [0.4, 0.5) is 5.82 Å². The van der Waals surface area contributed by atoms with Crippen molar-refractivity contribution in [3.63, 3.8) is 0 Å². The maximum absolute atomic E-state index is 6.47. The van der Waals surface area contributed by atoms with Crippen LogP contribution < -0.4 is 10.5 Å². The molecule has 8 nitrogen and oxygen atoms in total. The van der Waals surface area contributed by atoms with Gasteiger partial charge in [-0.3, -0.25) is 0 Å². The number of H-pyrrole nitrogens is 2. The molecule has 178 valence electrons. The summed E-state index contributed by atoms with van der Waals surface area (Å²) in [7, 11) is 0. The lowest BCUT2D eigenvalue weighted by Gasteiger charge is -2.10. The average molecular weight is 516 g/mol. The summed E-state index contributed by atoms with van der Waals surface area (Å²) in [5.74, 6) is 1.18. The Kier molecular flexibility index (Phi) is 4.74. The molecule has 0 radical (unpaired) electrons. The highest BCUT2D eigenvalue weighted by Gasteiger charge is 2.18. The van der Waals surface area contributed by atoms with Crippen LogP contribution in [-0.2, 0) is 6.54 Å². The van der Waals surface area contributed by atoms with Crippen molar-refractivity contribution < 1.29 is 4.74 Å². The van der Waals surface area contributed by atoms with Gasteiger partial charge in [0.25, 0.3) is 0 Å². The van der Waals surface area contributed by atoms with Crippen molar-refractivity contribution in [2.24, 2.45) is 0 Å². The molecule has 3 aromatic carbocycles. The zero-order chi connectivity index (χ0) is 24.4. The first-order valence-corrected chi connectivity index (χ1v) is 12.2. The van der Waals surface area contributed by atoms with Crippen molar-refractivity contribution in [3.8, 4) is 5.75 Å². The molecule has 0 unspecified atom stereocenters. The van der Waals surface area contributed by atoms with E-state index in [-0.39, 0.29) is 0 Å². The normalized spacial score (nSPS) is 12.1. The number of hydrogen-bond acceptors (Lipinski definition) is 5. The Bertz CT molecular complexity index is 1860. The minimum absolute atomic E-state index is 0.415. The van der Waals surface area contributed by atoms with E-state index in [0.717, 1.165) is 61.3 Å². The lowest BCUT2D eigenvalue weighted by molar-refractivity contribution is 0.308. The van der Waals surface area contributed by atoms with E-state index in [9.17, 15) is 0 Å². The van der Waals surface area contributed by atoms with Gasteiger partial charge < -0.3 is 25.0 Å². The van der Waals surface area contributed by atoms with E-state index in [0.29, 0.717) is 34.7 Å². The third kappa shape index (κ3) is 3.26. The van der Waals surface area contributed by atoms with Crippen LogP contribution in [0.15, 0.2) is 55.1 Å². The molecule has 0 atom stereocenters. The van der Waals surface area contributed by atoms with Crippen molar-refractivity contribution in [2.45, 2.75) is 13.0 Å². The third-order valence-electron chi connectivity index (χ3n) is 6.57. The Balaban J connectivity index is 1.31. The summed E-state index contributed by atoms with van der Waals surface area (Å²) in [5, 5.41) is 5.54. The number of benzene rings is 3. The molecule has 0 fully saturated rings. The number of nitrogen functional groups attached to an aromatic ring is 1. The molecule has 0 saturated carbocycles. The summed E-state index contributed by atoms with van der Waals surface area (Å²) in [6, 6.07) is 13.9. The number of nitrogens with one attached hydrogen (secondary N) is 2. The average Bonchev–Trinajstić information content (AvgIpc) is 3.55. The first kappa shape index (κ1) is 21.3. The molecule has 0 aliphatic carbocycles. The Morgan fingerprint density at radius 3 is 2.17 bits per heavy atom. The molecule has 36 heavy (non-hydrogen) atoms. The van der Waals surface area contributed by atoms with Crippen molar-refractivity contribution in [1.82, 2.24) is 29.5 Å². The Morgan fingerprint density at radius 2 is 1.50 bits per heavy atom. The number of anilines is 1. The zero-order valence-electron chi connectivity index (χ0n) is 18.8. The fourth-order valence-corrected chi connectivity index (χ4v) is 5.30. The van der Waals surface area contributed by atoms with Crippen LogP contribution in [0.3, 0.4) is 0 Å². The highest BCUT2D eigenvalue weighted by Crippen LogP contribution is 2.41. The first-order valence-electron chi connectivity index (χ1n) is 11.5. The van der Waals surface area contributed by atoms with Crippen LogP contribution in [0.25, 0.3) is 54.8 Å². The predicted octanol–water partition coefficient (Wildman–Crippen LogP) is 6.45. The lowest BCUT2D eigenvalue weighted by atomic mass is 10.1. The predicted molar refractivity (Wildman–Crippen MR) is 145 cm³/mol. The fourth-order valence-electron chi connectivity index (χ4n) is 4.96. The Morgan fingerprint density at radius 1 is 0.833 bits per heavy atom. The number of halogens is 2. The van der Waals surface area contributed by atoms with E-state index in [4.69, 9.17) is 33.7 Å². The smallest absolute Gasteiger partial charge is 0.182 e. The van der Waals surface area contributed by atoms with Gasteiger partial charge in [-0.15, -0.1) is 0 Å². The number of hydrogen-bond donors (Lipinski definition) is 3. The highest BCUT2D eigenvalue weighted by molar-refractivity contribution is 6.33. The van der Waals surface area contributed by atoms with Gasteiger partial charge in [0.05, 0.1) is 24.0 Å². The van der Waals surface area contributed by atoms with Crippen LogP contribution in [0.2, 0.25) is 10.0 Å². The molecule has 7 rings (SSSR count). The largest absolute Gasteiger partial charge is 0.489 e. The molecule has 4 N–H and O–H groups in total. The number of aromatic nitrogens is 6. The van der Waals surface area contributed by atoms with Gasteiger partial charge in [-0.05, 0) is 48.9 Å². The van der Waals surface area contributed by atoms with Crippen LogP contribution in [0.5, 0.6) is 5.75 Å².